The molecule has 0 atom stereocenters. The fourth-order valence-corrected chi connectivity index (χ4v) is 3.78. The predicted molar refractivity (Wildman–Crippen MR) is 148 cm³/mol. The van der Waals surface area contributed by atoms with E-state index in [1.54, 1.807) is 62.5 Å². The molecule has 2 aromatic carbocycles. The van der Waals surface area contributed by atoms with Crippen LogP contribution in [0.2, 0.25) is 0 Å². The van der Waals surface area contributed by atoms with E-state index in [1.165, 1.54) is 4.68 Å². The molecule has 2 aromatic heterocycles. The molecule has 0 unspecified atom stereocenters. The fourth-order valence-electron chi connectivity index (χ4n) is 3.78. The van der Waals surface area contributed by atoms with E-state index >= 15 is 0 Å². The highest BCUT2D eigenvalue weighted by Gasteiger charge is 2.20. The second-order valence-electron chi connectivity index (χ2n) is 9.65. The summed E-state index contributed by atoms with van der Waals surface area (Å²) in [6.45, 7) is 9.99. The Kier molecular flexibility index (Phi) is 8.14. The molecule has 39 heavy (non-hydrogen) atoms. The van der Waals surface area contributed by atoms with Crippen molar-refractivity contribution in [3.8, 4) is 23.2 Å². The zero-order valence-corrected chi connectivity index (χ0v) is 22.5. The van der Waals surface area contributed by atoms with Gasteiger partial charge >= 0.3 is 12.2 Å². The number of benzene rings is 2. The van der Waals surface area contributed by atoms with Crippen molar-refractivity contribution >= 4 is 23.6 Å². The first-order valence-electron chi connectivity index (χ1n) is 12.5. The largest absolute Gasteiger partial charge is 0.515 e. The summed E-state index contributed by atoms with van der Waals surface area (Å²) >= 11 is 0. The number of hydrogen-bond donors (Lipinski definition) is 2. The Morgan fingerprint density at radius 1 is 0.974 bits per heavy atom. The molecule has 10 heteroatoms. The molecule has 0 aliphatic rings. The van der Waals surface area contributed by atoms with Gasteiger partial charge in [-0.2, -0.15) is 5.10 Å². The van der Waals surface area contributed by atoms with E-state index in [0.29, 0.717) is 28.5 Å². The van der Waals surface area contributed by atoms with Crippen molar-refractivity contribution in [1.82, 2.24) is 14.8 Å². The van der Waals surface area contributed by atoms with E-state index in [1.807, 2.05) is 24.3 Å². The highest BCUT2D eigenvalue weighted by molar-refractivity contribution is 6.00. The molecule has 0 bridgehead atoms. The zero-order valence-electron chi connectivity index (χ0n) is 22.5. The van der Waals surface area contributed by atoms with Gasteiger partial charge in [0.15, 0.2) is 0 Å². The predicted octanol–water partition coefficient (Wildman–Crippen LogP) is 6.84. The van der Waals surface area contributed by atoms with Crippen molar-refractivity contribution < 1.29 is 23.8 Å². The Morgan fingerprint density at radius 3 is 2.44 bits per heavy atom. The lowest BCUT2D eigenvalue weighted by Gasteiger charge is -2.22. The smallest absolute Gasteiger partial charge is 0.437 e. The van der Waals surface area contributed by atoms with Gasteiger partial charge in [0, 0.05) is 23.5 Å². The first kappa shape index (κ1) is 27.2. The van der Waals surface area contributed by atoms with Crippen LogP contribution >= 0.6 is 0 Å². The third-order valence-corrected chi connectivity index (χ3v) is 5.54. The van der Waals surface area contributed by atoms with E-state index in [-0.39, 0.29) is 23.8 Å². The number of nitrogens with one attached hydrogen (secondary N) is 2. The Hall–Kier alpha value is -4.86. The number of para-hydroxylation sites is 1. The van der Waals surface area contributed by atoms with Gasteiger partial charge < -0.3 is 24.8 Å². The second kappa shape index (κ2) is 11.7. The van der Waals surface area contributed by atoms with Gasteiger partial charge in [-0.15, -0.1) is 0 Å². The van der Waals surface area contributed by atoms with Crippen molar-refractivity contribution in [3.63, 3.8) is 0 Å². The normalized spacial score (nSPS) is 11.0. The molecule has 2 N–H and O–H groups in total. The fraction of sp³-hybridized carbons (Fsp3) is 0.241. The van der Waals surface area contributed by atoms with E-state index in [4.69, 9.17) is 14.2 Å². The molecule has 0 saturated heterocycles. The lowest BCUT2D eigenvalue weighted by molar-refractivity contribution is 0.101. The maximum Gasteiger partial charge on any atom is 0.515 e. The van der Waals surface area contributed by atoms with Gasteiger partial charge in [0.25, 0.3) is 0 Å². The molecule has 4 aromatic rings. The number of ether oxygens (including phenoxy) is 3. The van der Waals surface area contributed by atoms with Gasteiger partial charge in [0.1, 0.15) is 11.4 Å². The molecular weight excluding hydrogens is 498 g/mol. The summed E-state index contributed by atoms with van der Waals surface area (Å²) in [5.41, 5.74) is 3.14. The summed E-state index contributed by atoms with van der Waals surface area (Å²) in [7, 11) is 0. The van der Waals surface area contributed by atoms with Crippen LogP contribution in [0.3, 0.4) is 0 Å². The topological polar surface area (TPSA) is 117 Å². The summed E-state index contributed by atoms with van der Waals surface area (Å²) in [4.78, 5) is 28.9. The third-order valence-electron chi connectivity index (χ3n) is 5.54. The highest BCUT2D eigenvalue weighted by atomic mass is 16.7. The maximum atomic E-state index is 12.8. The molecule has 0 saturated carbocycles. The average Bonchev–Trinajstić information content (AvgIpc) is 3.25. The Labute approximate surface area is 226 Å². The van der Waals surface area contributed by atoms with Crippen LogP contribution in [0.5, 0.6) is 17.5 Å². The van der Waals surface area contributed by atoms with Crippen LogP contribution in [0.4, 0.5) is 21.0 Å². The summed E-state index contributed by atoms with van der Waals surface area (Å²) in [6.07, 6.45) is 0.794. The lowest BCUT2D eigenvalue weighted by Crippen LogP contribution is -2.20. The Balaban J connectivity index is 1.45. The molecule has 202 valence electrons. The zero-order chi connectivity index (χ0) is 28.0. The van der Waals surface area contributed by atoms with Crippen LogP contribution in [-0.4, -0.2) is 33.6 Å². The molecule has 0 radical (unpaired) electrons. The summed E-state index contributed by atoms with van der Waals surface area (Å²) in [6, 6.07) is 19.2. The summed E-state index contributed by atoms with van der Waals surface area (Å²) < 4.78 is 17.7. The maximum absolute atomic E-state index is 12.8. The van der Waals surface area contributed by atoms with Gasteiger partial charge in [-0.25, -0.2) is 19.3 Å². The van der Waals surface area contributed by atoms with Crippen LogP contribution < -0.4 is 20.1 Å². The lowest BCUT2D eigenvalue weighted by atomic mass is 9.86. The number of aromatic nitrogens is 3. The van der Waals surface area contributed by atoms with Gasteiger partial charge in [-0.05, 0) is 61.7 Å². The monoisotopic (exact) mass is 529 g/mol. The second-order valence-corrected chi connectivity index (χ2v) is 9.65. The van der Waals surface area contributed by atoms with Crippen molar-refractivity contribution in [2.24, 2.45) is 0 Å². The van der Waals surface area contributed by atoms with E-state index in [0.717, 1.165) is 5.56 Å². The number of carbonyl (C=O) groups excluding carboxylic acids is 2. The number of anilines is 2. The minimum atomic E-state index is -0.811. The first-order valence-corrected chi connectivity index (χ1v) is 12.5. The van der Waals surface area contributed by atoms with E-state index in [9.17, 15) is 9.59 Å². The molecule has 0 aliphatic carbocycles. The molecular formula is C29H31N5O5. The molecule has 2 heterocycles. The number of nitrogens with zero attached hydrogens (tertiary/aromatic N) is 3. The van der Waals surface area contributed by atoms with Gasteiger partial charge in [0.2, 0.25) is 11.8 Å². The van der Waals surface area contributed by atoms with Crippen molar-refractivity contribution in [2.45, 2.75) is 40.0 Å². The van der Waals surface area contributed by atoms with E-state index in [2.05, 4.69) is 41.5 Å². The van der Waals surface area contributed by atoms with Gasteiger partial charge in [0.05, 0.1) is 18.0 Å². The first-order chi connectivity index (χ1) is 18.6. The highest BCUT2D eigenvalue weighted by Crippen LogP contribution is 2.35. The SMILES string of the molecule is CCOC(=O)Oc1cc(C)nn1-c1ccc(NC(=O)Nc2cccnc2Oc2ccccc2C(C)(C)C)cc1. The molecule has 10 nitrogen and oxygen atoms in total. The summed E-state index contributed by atoms with van der Waals surface area (Å²) in [5.74, 6) is 1.17. The molecule has 0 fully saturated rings. The third kappa shape index (κ3) is 6.92. The van der Waals surface area contributed by atoms with Crippen LogP contribution in [0.15, 0.2) is 72.9 Å². The Morgan fingerprint density at radius 2 is 1.72 bits per heavy atom. The number of aryl methyl sites for hydroxylation is 1. The van der Waals surface area contributed by atoms with Crippen molar-refractivity contribution in [3.05, 3.63) is 84.2 Å². The van der Waals surface area contributed by atoms with Gasteiger partial charge in [-0.1, -0.05) is 39.0 Å². The quantitative estimate of drug-likeness (QED) is 0.252. The van der Waals surface area contributed by atoms with Gasteiger partial charge in [-0.3, -0.25) is 0 Å². The molecule has 0 aliphatic heterocycles. The van der Waals surface area contributed by atoms with Crippen molar-refractivity contribution in [2.75, 3.05) is 17.2 Å². The number of pyridine rings is 1. The number of rotatable bonds is 7. The van der Waals surface area contributed by atoms with Crippen LogP contribution in [0.25, 0.3) is 5.69 Å². The van der Waals surface area contributed by atoms with E-state index < -0.39 is 12.2 Å². The molecule has 2 amide bonds. The number of urea groups is 1. The molecule has 0 spiro atoms. The minimum Gasteiger partial charge on any atom is -0.437 e. The Bertz CT molecular complexity index is 1460. The van der Waals surface area contributed by atoms with Crippen LogP contribution in [-0.2, 0) is 10.2 Å². The summed E-state index contributed by atoms with van der Waals surface area (Å²) in [5, 5.41) is 9.97. The molecule has 4 rings (SSSR count). The number of hydrogen-bond acceptors (Lipinski definition) is 7. The minimum absolute atomic E-state index is 0.136. The van der Waals surface area contributed by atoms with Crippen LogP contribution in [0.1, 0.15) is 39.0 Å². The van der Waals surface area contributed by atoms with Crippen molar-refractivity contribution in [1.29, 1.82) is 0 Å². The van der Waals surface area contributed by atoms with Crippen LogP contribution in [0, 0.1) is 6.92 Å². The standard InChI is InChI=1S/C29H31N5O5/c1-6-37-28(36)39-25-18-19(2)33-34(25)21-15-13-20(14-16-21)31-27(35)32-23-11-9-17-30-26(23)38-24-12-8-7-10-22(24)29(3,4)5/h7-18H,6H2,1-5H3,(H2,31,32,35). The average molecular weight is 530 g/mol. The number of amides is 2. The number of carbonyl (C=O) groups is 2.